The summed E-state index contributed by atoms with van der Waals surface area (Å²) in [6.07, 6.45) is 0. The van der Waals surface area contributed by atoms with Crippen LogP contribution in [0, 0.1) is 0 Å². The van der Waals surface area contributed by atoms with Crippen molar-refractivity contribution in [2.75, 3.05) is 22.5 Å². The average molecular weight is 762 g/mol. The summed E-state index contributed by atoms with van der Waals surface area (Å²) in [6, 6.07) is 26.1. The van der Waals surface area contributed by atoms with E-state index in [1.807, 2.05) is 0 Å². The average Bonchev–Trinajstić information content (AvgIpc) is 3.10. The molecule has 6 aromatic carbocycles. The van der Waals surface area contributed by atoms with Crippen LogP contribution in [0.25, 0.3) is 21.5 Å². The molecule has 0 spiro atoms. The van der Waals surface area contributed by atoms with Crippen molar-refractivity contribution in [3.05, 3.63) is 126 Å². The first-order chi connectivity index (χ1) is 24.5. The highest BCUT2D eigenvalue weighted by Gasteiger charge is 2.20. The molecule has 0 heterocycles. The van der Waals surface area contributed by atoms with Gasteiger partial charge in [0, 0.05) is 33.3 Å². The summed E-state index contributed by atoms with van der Waals surface area (Å²) in [4.78, 5) is 26.6. The van der Waals surface area contributed by atoms with Gasteiger partial charge in [0.1, 0.15) is 5.75 Å². The Morgan fingerprint density at radius 3 is 1.42 bits per heavy atom. The van der Waals surface area contributed by atoms with Crippen molar-refractivity contribution in [2.24, 2.45) is 0 Å². The van der Waals surface area contributed by atoms with Gasteiger partial charge in [-0.05, 0) is 89.6 Å². The third-order valence-corrected chi connectivity index (χ3v) is 11.0. The van der Waals surface area contributed by atoms with Crippen molar-refractivity contribution >= 4 is 80.7 Å². The third-order valence-electron chi connectivity index (χ3n) is 7.88. The number of ether oxygens (including phenoxy) is 1. The molecule has 17 heteroatoms. The molecule has 0 saturated carbocycles. The zero-order valence-electron chi connectivity index (χ0n) is 26.8. The Labute approximate surface area is 297 Å². The van der Waals surface area contributed by atoms with Crippen LogP contribution in [0.3, 0.4) is 0 Å². The standard InChI is InChI=1S/C35H27N3O11S3/c1-49-26-8-10-27(11-9-26)50(41,42)38-25-17-23(34(39)36-32-6-2-4-21-19-28(51(43,44)45)12-14-30(21)32)16-24(18-25)35(40)37-33-7-3-5-22-20-29(52(46,47)48)13-15-31(22)33/h2-20,38H,1H3,(H,36,39)(H,37,40)(H,43,44,45)(H,46,47,48). The van der Waals surface area contributed by atoms with Gasteiger partial charge < -0.3 is 15.4 Å². The number of amides is 2. The zero-order chi connectivity index (χ0) is 37.4. The number of carbonyl (C=O) groups excluding carboxylic acids is 2. The Balaban J connectivity index is 1.38. The van der Waals surface area contributed by atoms with Gasteiger partial charge in [-0.25, -0.2) is 8.42 Å². The molecule has 6 rings (SSSR count). The first-order valence-electron chi connectivity index (χ1n) is 15.0. The number of rotatable bonds is 10. The van der Waals surface area contributed by atoms with Crippen molar-refractivity contribution < 1.29 is 48.7 Å². The predicted octanol–water partition coefficient (Wildman–Crippen LogP) is 5.80. The lowest BCUT2D eigenvalue weighted by Gasteiger charge is -2.15. The zero-order valence-corrected chi connectivity index (χ0v) is 29.2. The maximum atomic E-state index is 13.7. The van der Waals surface area contributed by atoms with Gasteiger partial charge in [-0.1, -0.05) is 36.4 Å². The van der Waals surface area contributed by atoms with Crippen LogP contribution < -0.4 is 20.1 Å². The summed E-state index contributed by atoms with van der Waals surface area (Å²) in [5.41, 5.74) is 0.0870. The fourth-order valence-electron chi connectivity index (χ4n) is 5.37. The van der Waals surface area contributed by atoms with E-state index >= 15 is 0 Å². The normalized spacial score (nSPS) is 12.0. The number of benzene rings is 6. The van der Waals surface area contributed by atoms with Gasteiger partial charge in [-0.15, -0.1) is 0 Å². The first kappa shape index (κ1) is 36.0. The van der Waals surface area contributed by atoms with Gasteiger partial charge in [0.2, 0.25) is 0 Å². The van der Waals surface area contributed by atoms with Crippen LogP contribution in [-0.2, 0) is 30.3 Å². The molecule has 0 atom stereocenters. The van der Waals surface area contributed by atoms with E-state index in [4.69, 9.17) is 4.74 Å². The van der Waals surface area contributed by atoms with Crippen LogP contribution in [0.15, 0.2) is 130 Å². The fraction of sp³-hybridized carbons (Fsp3) is 0.0286. The predicted molar refractivity (Wildman–Crippen MR) is 194 cm³/mol. The summed E-state index contributed by atoms with van der Waals surface area (Å²) in [7, 11) is -11.8. The van der Waals surface area contributed by atoms with Gasteiger partial charge in [0.25, 0.3) is 42.1 Å². The first-order valence-corrected chi connectivity index (χ1v) is 19.3. The Morgan fingerprint density at radius 2 is 1.00 bits per heavy atom. The lowest BCUT2D eigenvalue weighted by molar-refractivity contribution is 0.102. The SMILES string of the molecule is COc1ccc(S(=O)(=O)Nc2cc(C(=O)Nc3cccc4cc(S(=O)(=O)O)ccc34)cc(C(=O)Nc3cccc4cc(S(=O)(=O)O)ccc34)c2)cc1. The van der Waals surface area contributed by atoms with E-state index in [0.717, 1.165) is 0 Å². The molecule has 2 amide bonds. The van der Waals surface area contributed by atoms with Crippen molar-refractivity contribution in [3.63, 3.8) is 0 Å². The topological polar surface area (TPSA) is 222 Å². The van der Waals surface area contributed by atoms with E-state index in [0.29, 0.717) is 27.3 Å². The molecule has 0 bridgehead atoms. The van der Waals surface area contributed by atoms with Crippen LogP contribution in [0.5, 0.6) is 5.75 Å². The highest BCUT2D eigenvalue weighted by molar-refractivity contribution is 7.92. The fourth-order valence-corrected chi connectivity index (χ4v) is 7.44. The highest BCUT2D eigenvalue weighted by atomic mass is 32.2. The van der Waals surface area contributed by atoms with Crippen molar-refractivity contribution in [2.45, 2.75) is 14.7 Å². The Bertz CT molecular complexity index is 2610. The quantitative estimate of drug-likeness (QED) is 0.105. The second kappa shape index (κ2) is 13.7. The molecule has 0 aromatic heterocycles. The Hall–Kier alpha value is -5.85. The van der Waals surface area contributed by atoms with Gasteiger partial charge in [-0.3, -0.25) is 23.4 Å². The summed E-state index contributed by atoms with van der Waals surface area (Å²) < 4.78 is 99.8. The minimum absolute atomic E-state index is 0.130. The number of hydrogen-bond acceptors (Lipinski definition) is 9. The van der Waals surface area contributed by atoms with Gasteiger partial charge >= 0.3 is 0 Å². The molecule has 0 aliphatic heterocycles. The van der Waals surface area contributed by atoms with Crippen molar-refractivity contribution in [1.82, 2.24) is 0 Å². The van der Waals surface area contributed by atoms with Crippen LogP contribution in [-0.4, -0.2) is 53.3 Å². The maximum absolute atomic E-state index is 13.7. The van der Waals surface area contributed by atoms with Crippen LogP contribution in [0.1, 0.15) is 20.7 Å². The van der Waals surface area contributed by atoms with Gasteiger partial charge in [0.05, 0.1) is 27.5 Å². The summed E-state index contributed by atoms with van der Waals surface area (Å²) in [5.74, 6) is -1.09. The molecule has 14 nitrogen and oxygen atoms in total. The molecule has 0 aliphatic rings. The number of fused-ring (bicyclic) bond motifs is 2. The number of hydrogen-bond donors (Lipinski definition) is 5. The number of sulfonamides is 1. The molecule has 5 N–H and O–H groups in total. The summed E-state index contributed by atoms with van der Waals surface area (Å²) in [6.45, 7) is 0. The van der Waals surface area contributed by atoms with Crippen LogP contribution in [0.4, 0.5) is 17.1 Å². The lowest BCUT2D eigenvalue weighted by atomic mass is 10.1. The molecule has 0 unspecified atom stereocenters. The van der Waals surface area contributed by atoms with E-state index < -0.39 is 42.1 Å². The Kier molecular flexibility index (Phi) is 9.47. The molecule has 0 aliphatic carbocycles. The summed E-state index contributed by atoms with van der Waals surface area (Å²) >= 11 is 0. The van der Waals surface area contributed by atoms with E-state index in [2.05, 4.69) is 15.4 Å². The lowest BCUT2D eigenvalue weighted by Crippen LogP contribution is -2.18. The van der Waals surface area contributed by atoms with Crippen LogP contribution >= 0.6 is 0 Å². The molecular weight excluding hydrogens is 735 g/mol. The molecular formula is C35H27N3O11S3. The smallest absolute Gasteiger partial charge is 0.294 e. The second-order valence-electron chi connectivity index (χ2n) is 11.3. The molecule has 0 saturated heterocycles. The van der Waals surface area contributed by atoms with E-state index in [1.54, 1.807) is 36.4 Å². The number of carbonyl (C=O) groups is 2. The Morgan fingerprint density at radius 1 is 0.558 bits per heavy atom. The maximum Gasteiger partial charge on any atom is 0.294 e. The highest BCUT2D eigenvalue weighted by Crippen LogP contribution is 2.30. The van der Waals surface area contributed by atoms with E-state index in [9.17, 15) is 43.9 Å². The van der Waals surface area contributed by atoms with Crippen molar-refractivity contribution in [3.8, 4) is 5.75 Å². The molecule has 266 valence electrons. The molecule has 52 heavy (non-hydrogen) atoms. The minimum atomic E-state index is -4.49. The molecule has 0 fully saturated rings. The number of anilines is 3. The van der Waals surface area contributed by atoms with Gasteiger partial charge in [0.15, 0.2) is 0 Å². The second-order valence-corrected chi connectivity index (χ2v) is 15.8. The van der Waals surface area contributed by atoms with E-state index in [-0.39, 0.29) is 42.9 Å². The molecule has 6 aromatic rings. The monoisotopic (exact) mass is 761 g/mol. The summed E-state index contributed by atoms with van der Waals surface area (Å²) in [5, 5.41) is 7.02. The van der Waals surface area contributed by atoms with Crippen LogP contribution in [0.2, 0.25) is 0 Å². The third kappa shape index (κ3) is 7.73. The minimum Gasteiger partial charge on any atom is -0.497 e. The number of nitrogens with one attached hydrogen (secondary N) is 3. The number of methoxy groups -OCH3 is 1. The van der Waals surface area contributed by atoms with Gasteiger partial charge in [-0.2, -0.15) is 16.8 Å². The largest absolute Gasteiger partial charge is 0.497 e. The van der Waals surface area contributed by atoms with E-state index in [1.165, 1.54) is 86.0 Å². The van der Waals surface area contributed by atoms with Crippen molar-refractivity contribution in [1.29, 1.82) is 0 Å². The molecule has 0 radical (unpaired) electrons.